The molecule has 0 radical (unpaired) electrons. The van der Waals surface area contributed by atoms with Gasteiger partial charge < -0.3 is 18.9 Å². The highest BCUT2D eigenvalue weighted by Gasteiger charge is 2.15. The van der Waals surface area contributed by atoms with Crippen molar-refractivity contribution in [3.63, 3.8) is 0 Å². The molecule has 21 heavy (non-hydrogen) atoms. The van der Waals surface area contributed by atoms with E-state index in [4.69, 9.17) is 30.5 Å². The van der Waals surface area contributed by atoms with Crippen molar-refractivity contribution in [3.8, 4) is 28.7 Å². The second-order valence-corrected chi connectivity index (χ2v) is 4.35. The van der Waals surface area contributed by atoms with Crippen LogP contribution in [0.15, 0.2) is 30.6 Å². The standard InChI is InChI=1S/C15H16ClNO4/c1-18-13-6-11(7-14(19-2)15(13)20-3)21-12-4-5-17-9-10(12)8-16/h4-7,9H,8H2,1-3H3. The third-order valence-electron chi connectivity index (χ3n) is 2.87. The van der Waals surface area contributed by atoms with Gasteiger partial charge in [0.25, 0.3) is 0 Å². The van der Waals surface area contributed by atoms with Gasteiger partial charge in [0.15, 0.2) is 11.5 Å². The Morgan fingerprint density at radius 3 is 2.19 bits per heavy atom. The summed E-state index contributed by atoms with van der Waals surface area (Å²) >= 11 is 5.87. The minimum absolute atomic E-state index is 0.313. The van der Waals surface area contributed by atoms with Gasteiger partial charge in [0, 0.05) is 30.1 Å². The van der Waals surface area contributed by atoms with Gasteiger partial charge in [-0.25, -0.2) is 0 Å². The maximum Gasteiger partial charge on any atom is 0.203 e. The largest absolute Gasteiger partial charge is 0.493 e. The molecule has 1 aromatic carbocycles. The average Bonchev–Trinajstić information content (AvgIpc) is 2.54. The fourth-order valence-corrected chi connectivity index (χ4v) is 2.06. The van der Waals surface area contributed by atoms with E-state index >= 15 is 0 Å². The Balaban J connectivity index is 2.40. The smallest absolute Gasteiger partial charge is 0.203 e. The SMILES string of the molecule is COc1cc(Oc2ccncc2CCl)cc(OC)c1OC. The molecule has 0 aliphatic heterocycles. The zero-order valence-corrected chi connectivity index (χ0v) is 12.8. The molecule has 6 heteroatoms. The van der Waals surface area contributed by atoms with Gasteiger partial charge in [0.05, 0.1) is 27.2 Å². The molecule has 1 aromatic heterocycles. The van der Waals surface area contributed by atoms with Crippen LogP contribution in [0.3, 0.4) is 0 Å². The number of hydrogen-bond acceptors (Lipinski definition) is 5. The van der Waals surface area contributed by atoms with Crippen molar-refractivity contribution in [2.24, 2.45) is 0 Å². The van der Waals surface area contributed by atoms with Gasteiger partial charge in [-0.1, -0.05) is 0 Å². The molecule has 0 saturated carbocycles. The molecule has 0 fully saturated rings. The number of aromatic nitrogens is 1. The van der Waals surface area contributed by atoms with Crippen molar-refractivity contribution in [2.75, 3.05) is 21.3 Å². The number of hydrogen-bond donors (Lipinski definition) is 0. The summed E-state index contributed by atoms with van der Waals surface area (Å²) in [6.07, 6.45) is 3.31. The van der Waals surface area contributed by atoms with E-state index in [9.17, 15) is 0 Å². The topological polar surface area (TPSA) is 49.8 Å². The first-order valence-corrected chi connectivity index (χ1v) is 6.73. The van der Waals surface area contributed by atoms with Crippen LogP contribution in [0.5, 0.6) is 28.7 Å². The molecular formula is C15H16ClNO4. The zero-order valence-electron chi connectivity index (χ0n) is 12.1. The van der Waals surface area contributed by atoms with Crippen molar-refractivity contribution in [3.05, 3.63) is 36.2 Å². The van der Waals surface area contributed by atoms with Gasteiger partial charge in [0.2, 0.25) is 5.75 Å². The van der Waals surface area contributed by atoms with Gasteiger partial charge in [-0.2, -0.15) is 0 Å². The Bertz CT molecular complexity index is 593. The van der Waals surface area contributed by atoms with E-state index in [1.165, 1.54) is 0 Å². The predicted molar refractivity (Wildman–Crippen MR) is 80.0 cm³/mol. The van der Waals surface area contributed by atoms with E-state index < -0.39 is 0 Å². The van der Waals surface area contributed by atoms with Gasteiger partial charge in [0.1, 0.15) is 11.5 Å². The second kappa shape index (κ2) is 7.04. The predicted octanol–water partition coefficient (Wildman–Crippen LogP) is 3.64. The molecule has 1 heterocycles. The molecule has 0 bridgehead atoms. The van der Waals surface area contributed by atoms with E-state index in [0.717, 1.165) is 5.56 Å². The molecule has 0 unspecified atom stereocenters. The normalized spacial score (nSPS) is 10.1. The van der Waals surface area contributed by atoms with Gasteiger partial charge in [-0.05, 0) is 6.07 Å². The quantitative estimate of drug-likeness (QED) is 0.762. The van der Waals surface area contributed by atoms with Crippen LogP contribution in [0.4, 0.5) is 0 Å². The average molecular weight is 310 g/mol. The lowest BCUT2D eigenvalue weighted by Crippen LogP contribution is -1.97. The van der Waals surface area contributed by atoms with Crippen molar-refractivity contribution in [2.45, 2.75) is 5.88 Å². The lowest BCUT2D eigenvalue weighted by Gasteiger charge is -2.15. The van der Waals surface area contributed by atoms with Crippen molar-refractivity contribution < 1.29 is 18.9 Å². The summed E-state index contributed by atoms with van der Waals surface area (Å²) in [6, 6.07) is 5.19. The maximum absolute atomic E-state index is 5.87. The molecule has 0 aliphatic carbocycles. The Hall–Kier alpha value is -2.14. The van der Waals surface area contributed by atoms with Crippen LogP contribution in [-0.4, -0.2) is 26.3 Å². The number of nitrogens with zero attached hydrogens (tertiary/aromatic N) is 1. The minimum atomic E-state index is 0.313. The number of halogens is 1. The van der Waals surface area contributed by atoms with Crippen molar-refractivity contribution in [1.82, 2.24) is 4.98 Å². The number of benzene rings is 1. The van der Waals surface area contributed by atoms with E-state index in [2.05, 4.69) is 4.98 Å². The van der Waals surface area contributed by atoms with Gasteiger partial charge in [-0.15, -0.1) is 11.6 Å². The van der Waals surface area contributed by atoms with Crippen LogP contribution in [-0.2, 0) is 5.88 Å². The summed E-state index contributed by atoms with van der Waals surface area (Å²) in [7, 11) is 4.66. The lowest BCUT2D eigenvalue weighted by molar-refractivity contribution is 0.321. The second-order valence-electron chi connectivity index (χ2n) is 4.08. The molecule has 2 rings (SSSR count). The van der Waals surface area contributed by atoms with E-state index in [0.29, 0.717) is 34.6 Å². The Morgan fingerprint density at radius 1 is 1.00 bits per heavy atom. The van der Waals surface area contributed by atoms with Crippen LogP contribution in [0.1, 0.15) is 5.56 Å². The summed E-state index contributed by atoms with van der Waals surface area (Å²) < 4.78 is 21.7. The van der Waals surface area contributed by atoms with Crippen LogP contribution in [0.2, 0.25) is 0 Å². The Labute approximate surface area is 128 Å². The van der Waals surface area contributed by atoms with E-state index in [1.807, 2.05) is 0 Å². The summed E-state index contributed by atoms with van der Waals surface area (Å²) in [5, 5.41) is 0. The molecule has 5 nitrogen and oxygen atoms in total. The minimum Gasteiger partial charge on any atom is -0.493 e. The van der Waals surface area contributed by atoms with Crippen LogP contribution in [0, 0.1) is 0 Å². The highest BCUT2D eigenvalue weighted by molar-refractivity contribution is 6.17. The Morgan fingerprint density at radius 2 is 1.67 bits per heavy atom. The fraction of sp³-hybridized carbons (Fsp3) is 0.267. The van der Waals surface area contributed by atoms with Crippen LogP contribution >= 0.6 is 11.6 Å². The third-order valence-corrected chi connectivity index (χ3v) is 3.16. The Kier molecular flexibility index (Phi) is 5.11. The van der Waals surface area contributed by atoms with Gasteiger partial charge >= 0.3 is 0 Å². The fourth-order valence-electron chi connectivity index (χ4n) is 1.86. The molecular weight excluding hydrogens is 294 g/mol. The summed E-state index contributed by atoms with van der Waals surface area (Å²) in [4.78, 5) is 4.02. The first-order chi connectivity index (χ1) is 10.2. The molecule has 0 amide bonds. The van der Waals surface area contributed by atoms with Crippen molar-refractivity contribution in [1.29, 1.82) is 0 Å². The molecule has 0 aliphatic rings. The number of ether oxygens (including phenoxy) is 4. The number of methoxy groups -OCH3 is 3. The lowest BCUT2D eigenvalue weighted by atomic mass is 10.2. The zero-order chi connectivity index (χ0) is 15.2. The van der Waals surface area contributed by atoms with E-state index in [-0.39, 0.29) is 0 Å². The highest BCUT2D eigenvalue weighted by atomic mass is 35.5. The first-order valence-electron chi connectivity index (χ1n) is 6.20. The number of rotatable bonds is 6. The van der Waals surface area contributed by atoms with Crippen LogP contribution in [0.25, 0.3) is 0 Å². The summed E-state index contributed by atoms with van der Waals surface area (Å²) in [5.41, 5.74) is 0.799. The maximum atomic E-state index is 5.87. The monoisotopic (exact) mass is 309 g/mol. The number of alkyl halides is 1. The first kappa shape index (κ1) is 15.3. The molecule has 0 N–H and O–H groups in total. The van der Waals surface area contributed by atoms with E-state index in [1.54, 1.807) is 51.9 Å². The summed E-state index contributed by atoms with van der Waals surface area (Å²) in [5.74, 6) is 3.06. The molecule has 0 saturated heterocycles. The molecule has 2 aromatic rings. The molecule has 112 valence electrons. The molecule has 0 spiro atoms. The van der Waals surface area contributed by atoms with Gasteiger partial charge in [-0.3, -0.25) is 4.98 Å². The molecule has 0 atom stereocenters. The highest BCUT2D eigenvalue weighted by Crippen LogP contribution is 2.42. The third kappa shape index (κ3) is 3.31. The summed E-state index contributed by atoms with van der Waals surface area (Å²) in [6.45, 7) is 0. The van der Waals surface area contributed by atoms with Crippen LogP contribution < -0.4 is 18.9 Å². The number of pyridine rings is 1. The van der Waals surface area contributed by atoms with Crippen molar-refractivity contribution >= 4 is 11.6 Å².